The molecule has 0 saturated carbocycles. The second kappa shape index (κ2) is 9.09. The molecule has 1 amide bonds. The molecular weight excluding hydrogens is 384 g/mol. The Morgan fingerprint density at radius 3 is 2.61 bits per heavy atom. The topological polar surface area (TPSA) is 97.1 Å². The van der Waals surface area contributed by atoms with Crippen molar-refractivity contribution in [2.45, 2.75) is 44.7 Å². The second-order valence-corrected chi connectivity index (χ2v) is 9.84. The van der Waals surface area contributed by atoms with Crippen LogP contribution >= 0.6 is 0 Å². The van der Waals surface area contributed by atoms with Crippen molar-refractivity contribution < 1.29 is 22.4 Å². The summed E-state index contributed by atoms with van der Waals surface area (Å²) in [5, 5.41) is 0. The molecule has 0 radical (unpaired) electrons. The first-order chi connectivity index (χ1) is 13.3. The summed E-state index contributed by atoms with van der Waals surface area (Å²) < 4.78 is 34.0. The standard InChI is InChI=1S/C19H28N2O6S/c1-20(15-6-9-28(24,25)14-15)19(23)13-27-18-12-26-16(10-17(18)22)11-21-7-4-2-3-5-8-21/h10,12,15H,2-9,11,13-14H2,1H3. The van der Waals surface area contributed by atoms with Gasteiger partial charge in [-0.1, -0.05) is 12.8 Å². The molecule has 3 heterocycles. The third kappa shape index (κ3) is 5.57. The number of amides is 1. The van der Waals surface area contributed by atoms with E-state index < -0.39 is 9.84 Å². The Bertz CT molecular complexity index is 842. The lowest BCUT2D eigenvalue weighted by Gasteiger charge is -2.23. The predicted molar refractivity (Wildman–Crippen MR) is 104 cm³/mol. The number of sulfone groups is 1. The van der Waals surface area contributed by atoms with E-state index in [1.54, 1.807) is 7.05 Å². The largest absolute Gasteiger partial charge is 0.477 e. The van der Waals surface area contributed by atoms with E-state index in [0.717, 1.165) is 25.9 Å². The molecule has 3 rings (SSSR count). The molecule has 0 aromatic carbocycles. The minimum Gasteiger partial charge on any atom is -0.477 e. The maximum Gasteiger partial charge on any atom is 0.260 e. The first kappa shape index (κ1) is 20.9. The molecule has 1 aromatic rings. The van der Waals surface area contributed by atoms with E-state index in [-0.39, 0.29) is 41.2 Å². The fourth-order valence-corrected chi connectivity index (χ4v) is 5.44. The smallest absolute Gasteiger partial charge is 0.260 e. The summed E-state index contributed by atoms with van der Waals surface area (Å²) in [5.74, 6) is 0.273. The van der Waals surface area contributed by atoms with Gasteiger partial charge in [0.15, 0.2) is 16.4 Å². The molecule has 9 heteroatoms. The molecular formula is C19H28N2O6S. The van der Waals surface area contributed by atoms with Crippen LogP contribution in [-0.4, -0.2) is 68.4 Å². The van der Waals surface area contributed by atoms with Gasteiger partial charge in [0.25, 0.3) is 5.91 Å². The molecule has 1 aromatic heterocycles. The normalized spacial score (nSPS) is 22.5. The summed E-state index contributed by atoms with van der Waals surface area (Å²) in [6, 6.07) is 1.08. The molecule has 0 bridgehead atoms. The van der Waals surface area contributed by atoms with Crippen molar-refractivity contribution in [1.29, 1.82) is 0 Å². The Morgan fingerprint density at radius 1 is 1.29 bits per heavy atom. The van der Waals surface area contributed by atoms with Crippen molar-refractivity contribution in [2.24, 2.45) is 0 Å². The zero-order valence-electron chi connectivity index (χ0n) is 16.3. The predicted octanol–water partition coefficient (Wildman–Crippen LogP) is 1.04. The molecule has 8 nitrogen and oxygen atoms in total. The van der Waals surface area contributed by atoms with Crippen LogP contribution in [0.25, 0.3) is 0 Å². The van der Waals surface area contributed by atoms with Crippen LogP contribution < -0.4 is 10.2 Å². The number of hydrogen-bond donors (Lipinski definition) is 0. The van der Waals surface area contributed by atoms with Gasteiger partial charge < -0.3 is 14.1 Å². The average Bonchev–Trinajstić information content (AvgIpc) is 2.85. The monoisotopic (exact) mass is 412 g/mol. The summed E-state index contributed by atoms with van der Waals surface area (Å²) in [6.07, 6.45) is 6.47. The first-order valence-electron chi connectivity index (χ1n) is 9.77. The Kier molecular flexibility index (Phi) is 6.77. The van der Waals surface area contributed by atoms with Gasteiger partial charge in [-0.15, -0.1) is 0 Å². The van der Waals surface area contributed by atoms with Crippen LogP contribution in [0.3, 0.4) is 0 Å². The van der Waals surface area contributed by atoms with Crippen molar-refractivity contribution in [3.8, 4) is 5.75 Å². The van der Waals surface area contributed by atoms with Gasteiger partial charge in [0.05, 0.1) is 18.1 Å². The van der Waals surface area contributed by atoms with E-state index in [2.05, 4.69) is 4.90 Å². The SMILES string of the molecule is CN(C(=O)COc1coc(CN2CCCCCC2)cc1=O)C1CCS(=O)(=O)C1. The summed E-state index contributed by atoms with van der Waals surface area (Å²) in [6.45, 7) is 2.26. The molecule has 0 aliphatic carbocycles. The van der Waals surface area contributed by atoms with Crippen molar-refractivity contribution >= 4 is 15.7 Å². The van der Waals surface area contributed by atoms with Crippen LogP contribution in [0.1, 0.15) is 37.9 Å². The number of likely N-dealkylation sites (N-methyl/N-ethyl adjacent to an activating group) is 1. The number of likely N-dealkylation sites (tertiary alicyclic amines) is 1. The molecule has 156 valence electrons. The van der Waals surface area contributed by atoms with Gasteiger partial charge in [-0.05, 0) is 32.4 Å². The first-order valence-corrected chi connectivity index (χ1v) is 11.6. The van der Waals surface area contributed by atoms with Crippen LogP contribution in [0.5, 0.6) is 5.75 Å². The van der Waals surface area contributed by atoms with E-state index in [9.17, 15) is 18.0 Å². The van der Waals surface area contributed by atoms with E-state index in [4.69, 9.17) is 9.15 Å². The van der Waals surface area contributed by atoms with E-state index in [1.165, 1.54) is 30.1 Å². The number of carbonyl (C=O) groups is 1. The van der Waals surface area contributed by atoms with E-state index in [1.807, 2.05) is 0 Å². The molecule has 2 aliphatic rings. The van der Waals surface area contributed by atoms with E-state index >= 15 is 0 Å². The summed E-state index contributed by atoms with van der Waals surface area (Å²) in [7, 11) is -1.51. The van der Waals surface area contributed by atoms with Crippen LogP contribution in [0, 0.1) is 0 Å². The van der Waals surface area contributed by atoms with Crippen molar-refractivity contribution in [2.75, 3.05) is 38.2 Å². The molecule has 2 aliphatic heterocycles. The molecule has 0 spiro atoms. The fraction of sp³-hybridized carbons (Fsp3) is 0.684. The summed E-state index contributed by atoms with van der Waals surface area (Å²) in [5.41, 5.74) is -0.324. The van der Waals surface area contributed by atoms with Crippen LogP contribution in [0.15, 0.2) is 21.5 Å². The van der Waals surface area contributed by atoms with Gasteiger partial charge in [-0.3, -0.25) is 14.5 Å². The lowest BCUT2D eigenvalue weighted by Crippen LogP contribution is -2.40. The van der Waals surface area contributed by atoms with Gasteiger partial charge in [-0.25, -0.2) is 8.42 Å². The molecule has 0 N–H and O–H groups in total. The Balaban J connectivity index is 1.53. The quantitative estimate of drug-likeness (QED) is 0.689. The minimum atomic E-state index is -3.07. The number of nitrogens with zero attached hydrogens (tertiary/aromatic N) is 2. The van der Waals surface area contributed by atoms with Crippen LogP contribution in [0.2, 0.25) is 0 Å². The highest BCUT2D eigenvalue weighted by Gasteiger charge is 2.32. The zero-order valence-corrected chi connectivity index (χ0v) is 17.1. The number of ether oxygens (including phenoxy) is 1. The highest BCUT2D eigenvalue weighted by molar-refractivity contribution is 7.91. The van der Waals surface area contributed by atoms with Gasteiger partial charge >= 0.3 is 0 Å². The maximum atomic E-state index is 12.3. The van der Waals surface area contributed by atoms with Gasteiger partial charge in [0, 0.05) is 19.2 Å². The Morgan fingerprint density at radius 2 is 2.00 bits per heavy atom. The van der Waals surface area contributed by atoms with Crippen LogP contribution in [-0.2, 0) is 21.2 Å². The van der Waals surface area contributed by atoms with E-state index in [0.29, 0.717) is 18.7 Å². The highest BCUT2D eigenvalue weighted by Crippen LogP contribution is 2.17. The second-order valence-electron chi connectivity index (χ2n) is 7.62. The van der Waals surface area contributed by atoms with Crippen molar-refractivity contribution in [3.63, 3.8) is 0 Å². The summed E-state index contributed by atoms with van der Waals surface area (Å²) in [4.78, 5) is 28.2. The third-order valence-corrected chi connectivity index (χ3v) is 7.18. The highest BCUT2D eigenvalue weighted by atomic mass is 32.2. The molecule has 1 unspecified atom stereocenters. The van der Waals surface area contributed by atoms with Gasteiger partial charge in [0.1, 0.15) is 12.0 Å². The number of hydrogen-bond acceptors (Lipinski definition) is 7. The Labute approximate surface area is 165 Å². The fourth-order valence-electron chi connectivity index (χ4n) is 3.67. The Hall–Kier alpha value is -1.87. The lowest BCUT2D eigenvalue weighted by atomic mass is 10.2. The number of rotatable bonds is 6. The van der Waals surface area contributed by atoms with Gasteiger partial charge in [-0.2, -0.15) is 0 Å². The maximum absolute atomic E-state index is 12.3. The van der Waals surface area contributed by atoms with Crippen molar-refractivity contribution in [1.82, 2.24) is 9.80 Å². The zero-order chi connectivity index (χ0) is 20.1. The van der Waals surface area contributed by atoms with Crippen LogP contribution in [0.4, 0.5) is 0 Å². The lowest BCUT2D eigenvalue weighted by molar-refractivity contribution is -0.133. The molecule has 1 atom stereocenters. The summed E-state index contributed by atoms with van der Waals surface area (Å²) >= 11 is 0. The van der Waals surface area contributed by atoms with Gasteiger partial charge in [0.2, 0.25) is 11.2 Å². The average molecular weight is 413 g/mol. The molecule has 2 saturated heterocycles. The molecule has 2 fully saturated rings. The third-order valence-electron chi connectivity index (χ3n) is 5.43. The molecule has 28 heavy (non-hydrogen) atoms. The minimum absolute atomic E-state index is 0.0135. The number of carbonyl (C=O) groups excluding carboxylic acids is 1. The van der Waals surface area contributed by atoms with Crippen molar-refractivity contribution in [3.05, 3.63) is 28.3 Å².